The third-order valence-electron chi connectivity index (χ3n) is 5.40. The van der Waals surface area contributed by atoms with Crippen molar-refractivity contribution in [1.82, 2.24) is 10.2 Å². The number of amides is 1. The molecule has 0 atom stereocenters. The van der Waals surface area contributed by atoms with Gasteiger partial charge in [0.25, 0.3) is 10.0 Å². The molecule has 0 unspecified atom stereocenters. The van der Waals surface area contributed by atoms with Gasteiger partial charge >= 0.3 is 0 Å². The van der Waals surface area contributed by atoms with E-state index in [1.54, 1.807) is 30.3 Å². The molecule has 0 aliphatic carbocycles. The molecule has 1 fully saturated rings. The fourth-order valence-electron chi connectivity index (χ4n) is 3.72. The Bertz CT molecular complexity index is 928. The first kappa shape index (κ1) is 23.6. The molecule has 1 heterocycles. The van der Waals surface area contributed by atoms with Gasteiger partial charge in [-0.05, 0) is 75.3 Å². The first-order chi connectivity index (χ1) is 15.0. The van der Waals surface area contributed by atoms with E-state index >= 15 is 0 Å². The van der Waals surface area contributed by atoms with Crippen LogP contribution >= 0.6 is 11.6 Å². The Kier molecular flexibility index (Phi) is 8.75. The molecule has 1 aliphatic heterocycles. The molecule has 168 valence electrons. The summed E-state index contributed by atoms with van der Waals surface area (Å²) in [5, 5.41) is 3.33. The van der Waals surface area contributed by atoms with Gasteiger partial charge in [-0.1, -0.05) is 42.6 Å². The SMILES string of the molecule is O=C(CN(c1ccccc1)S(=O)(=O)c1ccc(Cl)cc1)NCCCN1CCCCCC1. The highest BCUT2D eigenvalue weighted by molar-refractivity contribution is 7.92. The molecule has 1 saturated heterocycles. The standard InChI is InChI=1S/C23H30ClN3O3S/c24-20-11-13-22(14-12-20)31(29,30)27(21-9-4-3-5-10-21)19-23(28)25-15-8-18-26-16-6-1-2-7-17-26/h3-5,9-14H,1-2,6-8,15-19H2,(H,25,28). The highest BCUT2D eigenvalue weighted by Crippen LogP contribution is 2.24. The number of likely N-dealkylation sites (tertiary alicyclic amines) is 1. The summed E-state index contributed by atoms with van der Waals surface area (Å²) in [7, 11) is -3.91. The van der Waals surface area contributed by atoms with Gasteiger partial charge in [-0.15, -0.1) is 0 Å². The fourth-order valence-corrected chi connectivity index (χ4v) is 5.27. The van der Waals surface area contributed by atoms with E-state index in [4.69, 9.17) is 11.6 Å². The predicted octanol–water partition coefficient (Wildman–Crippen LogP) is 3.92. The molecule has 6 nitrogen and oxygen atoms in total. The highest BCUT2D eigenvalue weighted by Gasteiger charge is 2.27. The highest BCUT2D eigenvalue weighted by atomic mass is 35.5. The number of benzene rings is 2. The number of rotatable bonds is 9. The molecule has 0 spiro atoms. The van der Waals surface area contributed by atoms with E-state index in [1.807, 2.05) is 0 Å². The van der Waals surface area contributed by atoms with Crippen LogP contribution in [0.3, 0.4) is 0 Å². The number of anilines is 1. The Morgan fingerprint density at radius 3 is 2.26 bits per heavy atom. The third kappa shape index (κ3) is 6.95. The van der Waals surface area contributed by atoms with E-state index < -0.39 is 10.0 Å². The van der Waals surface area contributed by atoms with Crippen molar-refractivity contribution in [2.24, 2.45) is 0 Å². The van der Waals surface area contributed by atoms with Crippen LogP contribution in [-0.2, 0) is 14.8 Å². The van der Waals surface area contributed by atoms with Crippen LogP contribution in [0.25, 0.3) is 0 Å². The summed E-state index contributed by atoms with van der Waals surface area (Å²) in [6, 6.07) is 14.6. The number of carbonyl (C=O) groups excluding carboxylic acids is 1. The Hall–Kier alpha value is -2.09. The largest absolute Gasteiger partial charge is 0.354 e. The predicted molar refractivity (Wildman–Crippen MR) is 125 cm³/mol. The second-order valence-electron chi connectivity index (χ2n) is 7.76. The fraction of sp³-hybridized carbons (Fsp3) is 0.435. The van der Waals surface area contributed by atoms with Crippen molar-refractivity contribution in [1.29, 1.82) is 0 Å². The van der Waals surface area contributed by atoms with Crippen molar-refractivity contribution in [3.63, 3.8) is 0 Å². The van der Waals surface area contributed by atoms with Crippen molar-refractivity contribution in [2.45, 2.75) is 37.0 Å². The van der Waals surface area contributed by atoms with E-state index in [9.17, 15) is 13.2 Å². The maximum atomic E-state index is 13.2. The Labute approximate surface area is 190 Å². The van der Waals surface area contributed by atoms with Gasteiger partial charge < -0.3 is 10.2 Å². The first-order valence-corrected chi connectivity index (χ1v) is 12.6. The summed E-state index contributed by atoms with van der Waals surface area (Å²) in [5.74, 6) is -0.322. The monoisotopic (exact) mass is 463 g/mol. The number of carbonyl (C=O) groups is 1. The van der Waals surface area contributed by atoms with Gasteiger partial charge in [0.05, 0.1) is 10.6 Å². The molecular formula is C23H30ClN3O3S. The quantitative estimate of drug-likeness (QED) is 0.572. The number of nitrogens with zero attached hydrogens (tertiary/aromatic N) is 2. The second-order valence-corrected chi connectivity index (χ2v) is 10.1. The molecular weight excluding hydrogens is 434 g/mol. The van der Waals surface area contributed by atoms with Crippen LogP contribution in [0.2, 0.25) is 5.02 Å². The zero-order valence-electron chi connectivity index (χ0n) is 17.7. The number of hydrogen-bond acceptors (Lipinski definition) is 4. The molecule has 0 bridgehead atoms. The van der Waals surface area contributed by atoms with E-state index in [-0.39, 0.29) is 17.3 Å². The van der Waals surface area contributed by atoms with Crippen LogP contribution in [0.15, 0.2) is 59.5 Å². The average Bonchev–Trinajstić information content (AvgIpc) is 3.05. The van der Waals surface area contributed by atoms with Crippen molar-refractivity contribution in [2.75, 3.05) is 37.0 Å². The van der Waals surface area contributed by atoms with Gasteiger partial charge in [0.1, 0.15) is 6.54 Å². The minimum Gasteiger partial charge on any atom is -0.354 e. The molecule has 2 aromatic rings. The van der Waals surface area contributed by atoms with Gasteiger partial charge in [-0.2, -0.15) is 0 Å². The Balaban J connectivity index is 1.62. The summed E-state index contributed by atoms with van der Waals surface area (Å²) in [6.45, 7) is 3.44. The molecule has 0 radical (unpaired) electrons. The first-order valence-electron chi connectivity index (χ1n) is 10.8. The van der Waals surface area contributed by atoms with E-state index in [0.717, 1.165) is 30.4 Å². The molecule has 1 amide bonds. The maximum absolute atomic E-state index is 13.2. The van der Waals surface area contributed by atoms with E-state index in [2.05, 4.69) is 10.2 Å². The topological polar surface area (TPSA) is 69.7 Å². The summed E-state index contributed by atoms with van der Waals surface area (Å²) in [4.78, 5) is 15.2. The van der Waals surface area contributed by atoms with E-state index in [0.29, 0.717) is 17.3 Å². The molecule has 0 saturated carbocycles. The van der Waals surface area contributed by atoms with Crippen molar-refractivity contribution in [3.05, 3.63) is 59.6 Å². The van der Waals surface area contributed by atoms with Crippen LogP contribution in [-0.4, -0.2) is 51.9 Å². The van der Waals surface area contributed by atoms with Crippen molar-refractivity contribution >= 4 is 33.2 Å². The molecule has 8 heteroatoms. The van der Waals surface area contributed by atoms with Gasteiger partial charge in [-0.25, -0.2) is 8.42 Å². The number of sulfonamides is 1. The van der Waals surface area contributed by atoms with Crippen LogP contribution in [0.5, 0.6) is 0 Å². The maximum Gasteiger partial charge on any atom is 0.264 e. The molecule has 2 aromatic carbocycles. The summed E-state index contributed by atoms with van der Waals surface area (Å²) in [5.41, 5.74) is 0.442. The lowest BCUT2D eigenvalue weighted by Gasteiger charge is -2.24. The Morgan fingerprint density at radius 2 is 1.61 bits per heavy atom. The van der Waals surface area contributed by atoms with Gasteiger partial charge in [-0.3, -0.25) is 9.10 Å². The molecule has 3 rings (SSSR count). The van der Waals surface area contributed by atoms with Gasteiger partial charge in [0.15, 0.2) is 0 Å². The molecule has 1 N–H and O–H groups in total. The molecule has 0 aromatic heterocycles. The van der Waals surface area contributed by atoms with Crippen LogP contribution in [0.4, 0.5) is 5.69 Å². The second kappa shape index (κ2) is 11.5. The smallest absolute Gasteiger partial charge is 0.264 e. The lowest BCUT2D eigenvalue weighted by Crippen LogP contribution is -2.41. The van der Waals surface area contributed by atoms with Crippen molar-refractivity contribution in [3.8, 4) is 0 Å². The summed E-state index contributed by atoms with van der Waals surface area (Å²) in [6.07, 6.45) is 5.91. The minimum absolute atomic E-state index is 0.0923. The zero-order chi connectivity index (χ0) is 22.1. The van der Waals surface area contributed by atoms with Crippen LogP contribution in [0.1, 0.15) is 32.1 Å². The number of hydrogen-bond donors (Lipinski definition) is 1. The number of para-hydroxylation sites is 1. The van der Waals surface area contributed by atoms with Crippen molar-refractivity contribution < 1.29 is 13.2 Å². The molecule has 31 heavy (non-hydrogen) atoms. The zero-order valence-corrected chi connectivity index (χ0v) is 19.2. The van der Waals surface area contributed by atoms with E-state index in [1.165, 1.54) is 49.9 Å². The Morgan fingerprint density at radius 1 is 0.968 bits per heavy atom. The number of nitrogens with one attached hydrogen (secondary N) is 1. The number of halogens is 1. The summed E-state index contributed by atoms with van der Waals surface area (Å²) >= 11 is 5.90. The third-order valence-corrected chi connectivity index (χ3v) is 7.45. The lowest BCUT2D eigenvalue weighted by molar-refractivity contribution is -0.119. The molecule has 1 aliphatic rings. The lowest BCUT2D eigenvalue weighted by atomic mass is 10.2. The van der Waals surface area contributed by atoms with Gasteiger partial charge in [0, 0.05) is 11.6 Å². The van der Waals surface area contributed by atoms with Crippen LogP contribution in [0, 0.1) is 0 Å². The van der Waals surface area contributed by atoms with Gasteiger partial charge in [0.2, 0.25) is 5.91 Å². The summed E-state index contributed by atoms with van der Waals surface area (Å²) < 4.78 is 27.6. The minimum atomic E-state index is -3.91. The normalized spacial score (nSPS) is 15.3. The van der Waals surface area contributed by atoms with Crippen LogP contribution < -0.4 is 9.62 Å². The average molecular weight is 464 g/mol.